The molecule has 1 aromatic heterocycles. The Labute approximate surface area is 222 Å². The van der Waals surface area contributed by atoms with Crippen LogP contribution in [-0.2, 0) is 17.6 Å². The van der Waals surface area contributed by atoms with Crippen molar-refractivity contribution in [3.8, 4) is 11.5 Å². The molecular weight excluding hydrogens is 525 g/mol. The first-order chi connectivity index (χ1) is 18.1. The molecule has 3 aromatic rings. The second-order valence-corrected chi connectivity index (χ2v) is 9.36. The van der Waals surface area contributed by atoms with Gasteiger partial charge in [0.2, 0.25) is 0 Å². The number of amides is 1. The Bertz CT molecular complexity index is 1380. The summed E-state index contributed by atoms with van der Waals surface area (Å²) in [5.74, 6) is -2.78. The minimum Gasteiger partial charge on any atom is -0.479 e. The average molecular weight is 551 g/mol. The van der Waals surface area contributed by atoms with Crippen LogP contribution in [0.2, 0.25) is 5.02 Å². The van der Waals surface area contributed by atoms with E-state index in [0.29, 0.717) is 29.9 Å². The van der Waals surface area contributed by atoms with Gasteiger partial charge in [-0.05, 0) is 56.0 Å². The number of halogens is 4. The maximum absolute atomic E-state index is 14.8. The van der Waals surface area contributed by atoms with Gasteiger partial charge in [-0.3, -0.25) is 4.79 Å². The third-order valence-electron chi connectivity index (χ3n) is 6.44. The second-order valence-electron chi connectivity index (χ2n) is 8.95. The maximum atomic E-state index is 14.8. The van der Waals surface area contributed by atoms with Crippen LogP contribution in [0.15, 0.2) is 30.3 Å². The van der Waals surface area contributed by atoms with Crippen molar-refractivity contribution < 1.29 is 37.3 Å². The zero-order valence-corrected chi connectivity index (χ0v) is 21.5. The van der Waals surface area contributed by atoms with Crippen molar-refractivity contribution in [2.24, 2.45) is 0 Å². The highest BCUT2D eigenvalue weighted by molar-refractivity contribution is 6.31. The number of nitrogens with zero attached hydrogens (tertiary/aromatic N) is 2. The van der Waals surface area contributed by atoms with Gasteiger partial charge in [-0.25, -0.2) is 14.2 Å². The predicted octanol–water partition coefficient (Wildman–Crippen LogP) is 5.87. The van der Waals surface area contributed by atoms with Gasteiger partial charge in [-0.1, -0.05) is 24.6 Å². The molecule has 0 aliphatic carbocycles. The molecule has 1 aliphatic heterocycles. The molecule has 1 atom stereocenters. The Morgan fingerprint density at radius 2 is 1.87 bits per heavy atom. The number of carboxylic acid groups (broad SMARTS) is 1. The first-order valence-corrected chi connectivity index (χ1v) is 12.5. The molecule has 2 aromatic carbocycles. The van der Waals surface area contributed by atoms with Crippen molar-refractivity contribution >= 4 is 34.4 Å². The van der Waals surface area contributed by atoms with Crippen LogP contribution in [-0.4, -0.2) is 52.7 Å². The fourth-order valence-corrected chi connectivity index (χ4v) is 4.76. The molecular formula is C27H26ClF3N2O5. The monoisotopic (exact) mass is 550 g/mol. The molecule has 1 saturated heterocycles. The molecule has 0 bridgehead atoms. The molecule has 0 radical (unpaired) electrons. The summed E-state index contributed by atoms with van der Waals surface area (Å²) in [6.45, 7) is 1.07. The number of likely N-dealkylation sites (tertiary alicyclic amines) is 1. The summed E-state index contributed by atoms with van der Waals surface area (Å²) in [5.41, 5.74) is 1.16. The van der Waals surface area contributed by atoms with E-state index in [0.717, 1.165) is 25.0 Å². The van der Waals surface area contributed by atoms with Gasteiger partial charge in [0.05, 0.1) is 5.39 Å². The fraction of sp³-hybridized carbons (Fsp3) is 0.370. The Morgan fingerprint density at radius 3 is 2.47 bits per heavy atom. The molecule has 38 heavy (non-hydrogen) atoms. The molecule has 11 heteroatoms. The fourth-order valence-electron chi connectivity index (χ4n) is 4.51. The van der Waals surface area contributed by atoms with E-state index >= 15 is 0 Å². The standard InChI is InChI=1S/C27H26ClF3N2O5/c1-3-20-17(12-15-6-7-16(13-18(15)28)25(34)33-10-4-5-11-33)24(38-27(30)31)22-21(37-14(2)26(35)36)9-8-19(29)23(22)32-20/h6-9,13-14,27H,3-5,10-12H2,1-2H3,(H,35,36). The number of alkyl halides is 2. The van der Waals surface area contributed by atoms with Gasteiger partial charge in [0.15, 0.2) is 6.10 Å². The third-order valence-corrected chi connectivity index (χ3v) is 6.79. The van der Waals surface area contributed by atoms with Crippen LogP contribution in [0.5, 0.6) is 11.5 Å². The van der Waals surface area contributed by atoms with Crippen LogP contribution in [0.3, 0.4) is 0 Å². The number of hydrogen-bond acceptors (Lipinski definition) is 5. The van der Waals surface area contributed by atoms with Crippen molar-refractivity contribution in [3.05, 3.63) is 63.6 Å². The van der Waals surface area contributed by atoms with E-state index in [2.05, 4.69) is 4.98 Å². The number of aliphatic carboxylic acids is 1. The number of benzene rings is 2. The SMILES string of the molecule is CCc1nc2c(F)ccc(OC(C)C(=O)O)c2c(OC(F)F)c1Cc1ccc(C(=O)N2CCCC2)cc1Cl. The zero-order valence-electron chi connectivity index (χ0n) is 20.8. The minimum atomic E-state index is -3.27. The van der Waals surface area contributed by atoms with Crippen LogP contribution in [0.25, 0.3) is 10.9 Å². The summed E-state index contributed by atoms with van der Waals surface area (Å²) < 4.78 is 52.5. The molecule has 4 rings (SSSR count). The van der Waals surface area contributed by atoms with E-state index in [9.17, 15) is 27.9 Å². The molecule has 1 aliphatic rings. The van der Waals surface area contributed by atoms with Crippen LogP contribution < -0.4 is 9.47 Å². The highest BCUT2D eigenvalue weighted by Crippen LogP contribution is 2.41. The number of hydrogen-bond donors (Lipinski definition) is 1. The normalized spacial score (nSPS) is 14.2. The Morgan fingerprint density at radius 1 is 1.16 bits per heavy atom. The topological polar surface area (TPSA) is 89.0 Å². The van der Waals surface area contributed by atoms with Crippen LogP contribution in [0.1, 0.15) is 53.9 Å². The van der Waals surface area contributed by atoms with Crippen molar-refractivity contribution in [2.45, 2.75) is 52.2 Å². The smallest absolute Gasteiger partial charge is 0.387 e. The lowest BCUT2D eigenvalue weighted by Crippen LogP contribution is -2.27. The van der Waals surface area contributed by atoms with Gasteiger partial charge >= 0.3 is 12.6 Å². The lowest BCUT2D eigenvalue weighted by Gasteiger charge is -2.21. The van der Waals surface area contributed by atoms with Gasteiger partial charge in [0, 0.05) is 41.4 Å². The van der Waals surface area contributed by atoms with Crippen LogP contribution in [0.4, 0.5) is 13.2 Å². The second kappa shape index (κ2) is 11.5. The van der Waals surface area contributed by atoms with E-state index in [1.54, 1.807) is 24.0 Å². The summed E-state index contributed by atoms with van der Waals surface area (Å²) >= 11 is 6.53. The number of aromatic nitrogens is 1. The minimum absolute atomic E-state index is 0.0182. The highest BCUT2D eigenvalue weighted by atomic mass is 35.5. The van der Waals surface area contributed by atoms with Gasteiger partial charge in [-0.15, -0.1) is 0 Å². The molecule has 202 valence electrons. The summed E-state index contributed by atoms with van der Waals surface area (Å²) in [6.07, 6.45) is 0.764. The van der Waals surface area contributed by atoms with Crippen molar-refractivity contribution in [1.82, 2.24) is 9.88 Å². The number of carbonyl (C=O) groups is 2. The molecule has 1 amide bonds. The number of aryl methyl sites for hydroxylation is 1. The zero-order chi connectivity index (χ0) is 27.6. The third kappa shape index (κ3) is 5.65. The van der Waals surface area contributed by atoms with Gasteiger partial charge in [0.25, 0.3) is 5.91 Å². The van der Waals surface area contributed by atoms with Crippen LogP contribution >= 0.6 is 11.6 Å². The maximum Gasteiger partial charge on any atom is 0.387 e. The van der Waals surface area contributed by atoms with Crippen molar-refractivity contribution in [1.29, 1.82) is 0 Å². The van der Waals surface area contributed by atoms with Gasteiger partial charge in [-0.2, -0.15) is 8.78 Å². The van der Waals surface area contributed by atoms with E-state index < -0.39 is 24.5 Å². The molecule has 1 N–H and O–H groups in total. The Balaban J connectivity index is 1.84. The molecule has 0 saturated carbocycles. The van der Waals surface area contributed by atoms with Crippen LogP contribution in [0, 0.1) is 5.82 Å². The molecule has 7 nitrogen and oxygen atoms in total. The lowest BCUT2D eigenvalue weighted by atomic mass is 9.97. The summed E-state index contributed by atoms with van der Waals surface area (Å²) in [4.78, 5) is 30.2. The number of rotatable bonds is 9. The summed E-state index contributed by atoms with van der Waals surface area (Å²) in [5, 5.41) is 9.31. The van der Waals surface area contributed by atoms with E-state index in [4.69, 9.17) is 21.1 Å². The number of carbonyl (C=O) groups excluding carboxylic acids is 1. The van der Waals surface area contributed by atoms with Crippen molar-refractivity contribution in [2.75, 3.05) is 13.1 Å². The summed E-state index contributed by atoms with van der Waals surface area (Å²) in [6, 6.07) is 6.97. The molecule has 0 spiro atoms. The van der Waals surface area contributed by atoms with E-state index in [1.165, 1.54) is 13.0 Å². The van der Waals surface area contributed by atoms with E-state index in [-0.39, 0.29) is 51.7 Å². The number of fused-ring (bicyclic) bond motifs is 1. The first kappa shape index (κ1) is 27.5. The highest BCUT2D eigenvalue weighted by Gasteiger charge is 2.26. The quantitative estimate of drug-likeness (QED) is 0.358. The largest absolute Gasteiger partial charge is 0.479 e. The number of ether oxygens (including phenoxy) is 2. The molecule has 1 unspecified atom stereocenters. The first-order valence-electron chi connectivity index (χ1n) is 12.2. The number of pyridine rings is 1. The Hall–Kier alpha value is -3.53. The Kier molecular flexibility index (Phi) is 8.30. The van der Waals surface area contributed by atoms with Crippen molar-refractivity contribution in [3.63, 3.8) is 0 Å². The average Bonchev–Trinajstić information content (AvgIpc) is 3.42. The van der Waals surface area contributed by atoms with E-state index in [1.807, 2.05) is 0 Å². The van der Waals surface area contributed by atoms with Gasteiger partial charge < -0.3 is 19.5 Å². The lowest BCUT2D eigenvalue weighted by molar-refractivity contribution is -0.144. The summed E-state index contributed by atoms with van der Waals surface area (Å²) in [7, 11) is 0. The number of carboxylic acids is 1. The predicted molar refractivity (Wildman–Crippen MR) is 135 cm³/mol. The van der Waals surface area contributed by atoms with Gasteiger partial charge in [0.1, 0.15) is 22.8 Å². The molecule has 1 fully saturated rings. The molecule has 2 heterocycles.